The Morgan fingerprint density at radius 1 is 0.979 bits per heavy atom. The standard InChI is InChI=1S/C34H37NO13/c1-6-35(5)23-16-20-12-13-21(38)26-24(20)33(4)29(47-26)22(14-15-34(23,33)43)46-31(41)27(44-17(2)36)28(45-18(3)37)32(42)48-25(30(39)40)19-10-8-7-9-11-19/h7-14,23,25,27-29,38,43H,6,15-16H2,1-5H3,(H,39,40)/t23-,25+,27-,28-,29+,33+,34-/m1/s1. The number of ether oxygens (including phenoxy) is 5. The Bertz CT molecular complexity index is 1670. The van der Waals surface area contributed by atoms with E-state index in [9.17, 15) is 39.3 Å². The van der Waals surface area contributed by atoms with Crippen LogP contribution in [0.5, 0.6) is 11.5 Å². The zero-order valence-corrected chi connectivity index (χ0v) is 27.0. The van der Waals surface area contributed by atoms with Gasteiger partial charge in [0.25, 0.3) is 0 Å². The molecule has 0 spiro atoms. The lowest BCUT2D eigenvalue weighted by Gasteiger charge is -2.56. The molecule has 0 amide bonds. The van der Waals surface area contributed by atoms with Crippen molar-refractivity contribution in [2.24, 2.45) is 0 Å². The number of rotatable bonds is 11. The summed E-state index contributed by atoms with van der Waals surface area (Å²) in [5.74, 6) is -6.74. The van der Waals surface area contributed by atoms with Crippen LogP contribution < -0.4 is 4.74 Å². The fourth-order valence-corrected chi connectivity index (χ4v) is 6.97. The van der Waals surface area contributed by atoms with E-state index < -0.39 is 65.3 Å². The lowest BCUT2D eigenvalue weighted by molar-refractivity contribution is -0.194. The first kappa shape index (κ1) is 34.4. The summed E-state index contributed by atoms with van der Waals surface area (Å²) in [4.78, 5) is 65.5. The predicted molar refractivity (Wildman–Crippen MR) is 163 cm³/mol. The third-order valence-corrected chi connectivity index (χ3v) is 9.37. The zero-order valence-electron chi connectivity index (χ0n) is 27.0. The second-order valence-corrected chi connectivity index (χ2v) is 12.2. The van der Waals surface area contributed by atoms with Gasteiger partial charge in [-0.3, -0.25) is 9.59 Å². The molecule has 14 nitrogen and oxygen atoms in total. The molecule has 7 atom stereocenters. The third-order valence-electron chi connectivity index (χ3n) is 9.37. The van der Waals surface area contributed by atoms with Gasteiger partial charge in [-0.15, -0.1) is 0 Å². The van der Waals surface area contributed by atoms with E-state index in [1.807, 2.05) is 18.9 Å². The highest BCUT2D eigenvalue weighted by molar-refractivity contribution is 5.90. The number of esters is 4. The molecule has 0 radical (unpaired) electrons. The Labute approximate surface area is 275 Å². The van der Waals surface area contributed by atoms with E-state index in [4.69, 9.17) is 23.7 Å². The monoisotopic (exact) mass is 667 g/mol. The van der Waals surface area contributed by atoms with Crippen molar-refractivity contribution >= 4 is 29.8 Å². The maximum Gasteiger partial charge on any atom is 0.357 e. The summed E-state index contributed by atoms with van der Waals surface area (Å²) in [5.41, 5.74) is -1.23. The summed E-state index contributed by atoms with van der Waals surface area (Å²) in [5, 5.41) is 32.9. The first-order valence-corrected chi connectivity index (χ1v) is 15.3. The van der Waals surface area contributed by atoms with Gasteiger partial charge in [-0.2, -0.15) is 0 Å². The molecule has 2 aliphatic carbocycles. The fourth-order valence-electron chi connectivity index (χ4n) is 6.97. The number of hydrogen-bond donors (Lipinski definition) is 3. The summed E-state index contributed by atoms with van der Waals surface area (Å²) in [6.45, 7) is 6.19. The summed E-state index contributed by atoms with van der Waals surface area (Å²) >= 11 is 0. The second kappa shape index (κ2) is 12.9. The normalized spacial score (nSPS) is 25.4. The van der Waals surface area contributed by atoms with Gasteiger partial charge in [0, 0.05) is 37.4 Å². The van der Waals surface area contributed by atoms with Crippen LogP contribution in [0.15, 0.2) is 54.3 Å². The number of hydrogen-bond acceptors (Lipinski definition) is 13. The second-order valence-electron chi connectivity index (χ2n) is 12.2. The zero-order chi connectivity index (χ0) is 35.1. The van der Waals surface area contributed by atoms with Gasteiger partial charge in [-0.05, 0) is 44.6 Å². The molecular formula is C34H37NO13. The van der Waals surface area contributed by atoms with Crippen molar-refractivity contribution in [3.63, 3.8) is 0 Å². The Kier molecular flexibility index (Phi) is 9.26. The van der Waals surface area contributed by atoms with Crippen molar-refractivity contribution in [2.45, 2.75) is 82.0 Å². The molecule has 256 valence electrons. The van der Waals surface area contributed by atoms with E-state index in [0.717, 1.165) is 19.4 Å². The number of carbonyl (C=O) groups is 5. The van der Waals surface area contributed by atoms with Crippen LogP contribution in [0.25, 0.3) is 0 Å². The molecular weight excluding hydrogens is 630 g/mol. The maximum atomic E-state index is 13.8. The molecule has 0 saturated carbocycles. The smallest absolute Gasteiger partial charge is 0.357 e. The minimum atomic E-state index is -2.27. The Hall–Kier alpha value is -4.95. The number of nitrogens with zero attached hydrogens (tertiary/aromatic N) is 1. The van der Waals surface area contributed by atoms with Gasteiger partial charge < -0.3 is 43.9 Å². The van der Waals surface area contributed by atoms with Crippen molar-refractivity contribution in [3.05, 3.63) is 71.0 Å². The molecule has 2 aromatic rings. The number of carbonyl (C=O) groups excluding carboxylic acids is 4. The quantitative estimate of drug-likeness (QED) is 0.233. The molecule has 0 unspecified atom stereocenters. The third kappa shape index (κ3) is 5.75. The minimum absolute atomic E-state index is 0.0134. The number of phenolic OH excluding ortho intramolecular Hbond substituents is 1. The molecule has 3 aliphatic rings. The van der Waals surface area contributed by atoms with E-state index in [1.54, 1.807) is 19.1 Å². The molecule has 48 heavy (non-hydrogen) atoms. The number of aliphatic hydroxyl groups is 1. The topological polar surface area (TPSA) is 195 Å². The van der Waals surface area contributed by atoms with Crippen LogP contribution >= 0.6 is 0 Å². The van der Waals surface area contributed by atoms with E-state index >= 15 is 0 Å². The number of phenols is 1. The molecule has 1 heterocycles. The van der Waals surface area contributed by atoms with Gasteiger partial charge in [-0.1, -0.05) is 43.3 Å². The van der Waals surface area contributed by atoms with Crippen LogP contribution in [0.2, 0.25) is 0 Å². The highest BCUT2D eigenvalue weighted by Gasteiger charge is 2.68. The Morgan fingerprint density at radius 3 is 2.19 bits per heavy atom. The molecule has 0 fully saturated rings. The van der Waals surface area contributed by atoms with Gasteiger partial charge in [0.15, 0.2) is 17.6 Å². The number of benzene rings is 2. The molecule has 3 N–H and O–H groups in total. The van der Waals surface area contributed by atoms with Crippen LogP contribution in [-0.2, 0) is 54.8 Å². The molecule has 5 rings (SSSR count). The van der Waals surface area contributed by atoms with Crippen LogP contribution in [0, 0.1) is 0 Å². The van der Waals surface area contributed by atoms with Crippen LogP contribution in [0.4, 0.5) is 0 Å². The van der Waals surface area contributed by atoms with Crippen molar-refractivity contribution in [1.29, 1.82) is 0 Å². The maximum absolute atomic E-state index is 13.8. The molecule has 14 heteroatoms. The van der Waals surface area contributed by atoms with Crippen molar-refractivity contribution in [2.75, 3.05) is 13.6 Å². The largest absolute Gasteiger partial charge is 0.504 e. The Balaban J connectivity index is 1.50. The molecule has 1 aliphatic heterocycles. The van der Waals surface area contributed by atoms with E-state index in [2.05, 4.69) is 0 Å². The number of aromatic hydroxyl groups is 1. The number of likely N-dealkylation sites (N-methyl/N-ethyl adjacent to an activating group) is 1. The first-order chi connectivity index (χ1) is 22.6. The van der Waals surface area contributed by atoms with Crippen LogP contribution in [0.1, 0.15) is 56.9 Å². The van der Waals surface area contributed by atoms with Crippen molar-refractivity contribution < 1.29 is 63.0 Å². The number of aliphatic carboxylic acids is 1. The number of carboxylic acid groups (broad SMARTS) is 1. The SMILES string of the molecule is CCN(C)[C@@H]1Cc2ccc(O)c3c2[C@@]2(C)[C@@H](O3)C(OC(=O)[C@H](OC(C)=O)[C@@H](OC(C)=O)C(=O)O[C@H](C(=O)O)c3ccccc3)=CC[C@@]12O. The molecule has 2 aromatic carbocycles. The van der Waals surface area contributed by atoms with Gasteiger partial charge in [-0.25, -0.2) is 14.4 Å². The fraction of sp³-hybridized carbons (Fsp3) is 0.441. The van der Waals surface area contributed by atoms with E-state index in [1.165, 1.54) is 36.4 Å². The average Bonchev–Trinajstić information content (AvgIpc) is 3.38. The lowest BCUT2D eigenvalue weighted by Crippen LogP contribution is -2.69. The molecule has 0 bridgehead atoms. The Morgan fingerprint density at radius 2 is 1.60 bits per heavy atom. The molecule has 0 aromatic heterocycles. The summed E-state index contributed by atoms with van der Waals surface area (Å²) in [7, 11) is 1.88. The van der Waals surface area contributed by atoms with Gasteiger partial charge in [0.1, 0.15) is 5.76 Å². The lowest BCUT2D eigenvalue weighted by atomic mass is 9.54. The van der Waals surface area contributed by atoms with Crippen LogP contribution in [-0.4, -0.2) is 93.6 Å². The average molecular weight is 668 g/mol. The predicted octanol–water partition coefficient (Wildman–Crippen LogP) is 2.08. The van der Waals surface area contributed by atoms with Gasteiger partial charge in [0.05, 0.1) is 11.0 Å². The number of carboxylic acids is 1. The minimum Gasteiger partial charge on any atom is -0.504 e. The summed E-state index contributed by atoms with van der Waals surface area (Å²) in [6, 6.07) is 10.3. The van der Waals surface area contributed by atoms with Crippen molar-refractivity contribution in [3.8, 4) is 11.5 Å². The van der Waals surface area contributed by atoms with E-state index in [-0.39, 0.29) is 35.3 Å². The van der Waals surface area contributed by atoms with Crippen molar-refractivity contribution in [1.82, 2.24) is 4.90 Å². The highest BCUT2D eigenvalue weighted by Crippen LogP contribution is 2.62. The summed E-state index contributed by atoms with van der Waals surface area (Å²) < 4.78 is 27.3. The van der Waals surface area contributed by atoms with Crippen LogP contribution in [0.3, 0.4) is 0 Å². The van der Waals surface area contributed by atoms with E-state index in [0.29, 0.717) is 18.5 Å². The molecule has 0 saturated heterocycles. The van der Waals surface area contributed by atoms with Gasteiger partial charge >= 0.3 is 29.8 Å². The summed E-state index contributed by atoms with van der Waals surface area (Å²) in [6.07, 6.45) is -5.64. The highest BCUT2D eigenvalue weighted by atomic mass is 16.6. The first-order valence-electron chi connectivity index (χ1n) is 15.3. The van der Waals surface area contributed by atoms with Gasteiger partial charge in [0.2, 0.25) is 18.3 Å².